The molecule has 9 heteroatoms. The van der Waals surface area contributed by atoms with E-state index in [0.717, 1.165) is 32.0 Å². The van der Waals surface area contributed by atoms with E-state index in [-0.39, 0.29) is 53.9 Å². The summed E-state index contributed by atoms with van der Waals surface area (Å²) < 4.78 is 23.0. The number of likely N-dealkylation sites (tertiary alicyclic amines) is 1. The Kier molecular flexibility index (Phi) is 9.19. The third-order valence-electron chi connectivity index (χ3n) is 5.29. The fourth-order valence-corrected chi connectivity index (χ4v) is 5.52. The van der Waals surface area contributed by atoms with Crippen LogP contribution in [0.3, 0.4) is 0 Å². The molecule has 7 nitrogen and oxygen atoms in total. The van der Waals surface area contributed by atoms with Crippen molar-refractivity contribution in [1.82, 2.24) is 15.5 Å². The number of amides is 1. The number of halogens is 1. The largest absolute Gasteiger partial charge is 0.357 e. The monoisotopic (exact) mass is 534 g/mol. The van der Waals surface area contributed by atoms with Crippen molar-refractivity contribution in [2.24, 2.45) is 4.99 Å². The van der Waals surface area contributed by atoms with E-state index in [2.05, 4.69) is 44.8 Å². The van der Waals surface area contributed by atoms with Crippen LogP contribution < -0.4 is 10.6 Å². The van der Waals surface area contributed by atoms with Crippen LogP contribution in [0.1, 0.15) is 37.7 Å². The topological polar surface area (TPSA) is 90.9 Å². The van der Waals surface area contributed by atoms with Gasteiger partial charge in [-0.2, -0.15) is 0 Å². The van der Waals surface area contributed by atoms with E-state index in [4.69, 9.17) is 0 Å². The molecule has 162 valence electrons. The van der Waals surface area contributed by atoms with Crippen molar-refractivity contribution in [3.8, 4) is 0 Å². The number of nitrogens with one attached hydrogen (secondary N) is 2. The Balaban J connectivity index is 0.00000300. The molecular formula is C20H31IN4O3S. The van der Waals surface area contributed by atoms with Gasteiger partial charge in [-0.15, -0.1) is 24.0 Å². The van der Waals surface area contributed by atoms with Crippen LogP contribution in [-0.4, -0.2) is 68.9 Å². The summed E-state index contributed by atoms with van der Waals surface area (Å²) in [6, 6.07) is 10.3. The summed E-state index contributed by atoms with van der Waals surface area (Å²) in [4.78, 5) is 19.0. The molecule has 2 fully saturated rings. The fourth-order valence-electron chi connectivity index (χ4n) is 3.85. The molecule has 0 radical (unpaired) electrons. The van der Waals surface area contributed by atoms with Crippen molar-refractivity contribution in [1.29, 1.82) is 0 Å². The van der Waals surface area contributed by atoms with Gasteiger partial charge in [0.05, 0.1) is 18.1 Å². The Hall–Kier alpha value is -1.36. The van der Waals surface area contributed by atoms with E-state index in [1.165, 1.54) is 5.56 Å². The maximum absolute atomic E-state index is 12.1. The summed E-state index contributed by atoms with van der Waals surface area (Å²) in [6.07, 6.45) is 1.86. The van der Waals surface area contributed by atoms with Crippen molar-refractivity contribution >= 4 is 45.7 Å². The fraction of sp³-hybridized carbons (Fsp3) is 0.600. The molecule has 2 aliphatic heterocycles. The van der Waals surface area contributed by atoms with Gasteiger partial charge in [-0.25, -0.2) is 8.42 Å². The van der Waals surface area contributed by atoms with Crippen LogP contribution >= 0.6 is 24.0 Å². The number of guanidine groups is 1. The number of benzene rings is 1. The number of nitrogens with zero attached hydrogens (tertiary/aromatic N) is 2. The third kappa shape index (κ3) is 7.13. The van der Waals surface area contributed by atoms with Crippen molar-refractivity contribution in [3.05, 3.63) is 35.9 Å². The average Bonchev–Trinajstić information content (AvgIpc) is 3.28. The lowest BCUT2D eigenvalue weighted by Crippen LogP contribution is -2.40. The van der Waals surface area contributed by atoms with E-state index < -0.39 is 9.84 Å². The molecular weight excluding hydrogens is 503 g/mol. The number of carbonyl (C=O) groups is 1. The van der Waals surface area contributed by atoms with Gasteiger partial charge in [-0.05, 0) is 25.3 Å². The van der Waals surface area contributed by atoms with Gasteiger partial charge in [0.1, 0.15) is 0 Å². The number of hydrogen-bond donors (Lipinski definition) is 2. The lowest BCUT2D eigenvalue weighted by molar-refractivity contribution is -0.121. The highest BCUT2D eigenvalue weighted by atomic mass is 127. The molecule has 2 unspecified atom stereocenters. The van der Waals surface area contributed by atoms with Crippen molar-refractivity contribution in [2.45, 2.75) is 38.1 Å². The predicted molar refractivity (Wildman–Crippen MR) is 127 cm³/mol. The molecule has 1 aromatic rings. The lowest BCUT2D eigenvalue weighted by atomic mass is 9.99. The molecule has 2 heterocycles. The van der Waals surface area contributed by atoms with Gasteiger partial charge in [0.15, 0.2) is 15.8 Å². The first-order valence-electron chi connectivity index (χ1n) is 10.0. The second kappa shape index (κ2) is 11.1. The average molecular weight is 534 g/mol. The minimum absolute atomic E-state index is 0. The molecule has 1 amide bonds. The minimum Gasteiger partial charge on any atom is -0.357 e. The predicted octanol–water partition coefficient (Wildman–Crippen LogP) is 1.75. The van der Waals surface area contributed by atoms with Crippen molar-refractivity contribution in [3.63, 3.8) is 0 Å². The number of carbonyl (C=O) groups excluding carboxylic acids is 1. The van der Waals surface area contributed by atoms with Crippen LogP contribution in [-0.2, 0) is 14.6 Å². The number of rotatable bonds is 6. The first-order chi connectivity index (χ1) is 13.5. The summed E-state index contributed by atoms with van der Waals surface area (Å²) in [5.41, 5.74) is 1.35. The van der Waals surface area contributed by atoms with Crippen molar-refractivity contribution < 1.29 is 13.2 Å². The van der Waals surface area contributed by atoms with Crippen LogP contribution in [0.5, 0.6) is 0 Å². The zero-order valence-electron chi connectivity index (χ0n) is 16.8. The molecule has 29 heavy (non-hydrogen) atoms. The van der Waals surface area contributed by atoms with Gasteiger partial charge in [0.25, 0.3) is 0 Å². The summed E-state index contributed by atoms with van der Waals surface area (Å²) in [5.74, 6) is 1.43. The van der Waals surface area contributed by atoms with E-state index >= 15 is 0 Å². The Morgan fingerprint density at radius 1 is 1.24 bits per heavy atom. The van der Waals surface area contributed by atoms with Gasteiger partial charge < -0.3 is 15.5 Å². The van der Waals surface area contributed by atoms with Gasteiger partial charge in [0.2, 0.25) is 5.91 Å². The SMILES string of the molecule is CCNC(=NCCC(=O)NC1CCS(=O)(=O)C1)N1CCC(c2ccccc2)C1.I. The molecule has 0 aliphatic carbocycles. The zero-order chi connectivity index (χ0) is 20.0. The Bertz CT molecular complexity index is 801. The first-order valence-corrected chi connectivity index (χ1v) is 11.9. The molecule has 0 spiro atoms. The summed E-state index contributed by atoms with van der Waals surface area (Å²) >= 11 is 0. The minimum atomic E-state index is -2.98. The second-order valence-corrected chi connectivity index (χ2v) is 9.72. The van der Waals surface area contributed by atoms with Gasteiger partial charge in [-0.1, -0.05) is 30.3 Å². The summed E-state index contributed by atoms with van der Waals surface area (Å²) in [7, 11) is -2.98. The van der Waals surface area contributed by atoms with Gasteiger partial charge in [0, 0.05) is 38.0 Å². The zero-order valence-corrected chi connectivity index (χ0v) is 20.0. The van der Waals surface area contributed by atoms with Crippen LogP contribution in [0, 0.1) is 0 Å². The summed E-state index contributed by atoms with van der Waals surface area (Å²) in [6.45, 7) is 5.06. The molecule has 2 saturated heterocycles. The molecule has 0 aromatic heterocycles. The van der Waals surface area contributed by atoms with E-state index in [1.807, 2.05) is 13.0 Å². The smallest absolute Gasteiger partial charge is 0.222 e. The van der Waals surface area contributed by atoms with Crippen LogP contribution in [0.4, 0.5) is 0 Å². The van der Waals surface area contributed by atoms with E-state index in [9.17, 15) is 13.2 Å². The maximum atomic E-state index is 12.1. The molecule has 3 rings (SSSR count). The Morgan fingerprint density at radius 3 is 2.66 bits per heavy atom. The Labute approximate surface area is 190 Å². The Morgan fingerprint density at radius 2 is 2.00 bits per heavy atom. The normalized spacial score (nSPS) is 23.5. The van der Waals surface area contributed by atoms with Crippen molar-refractivity contribution in [2.75, 3.05) is 37.7 Å². The molecule has 2 atom stereocenters. The molecule has 0 bridgehead atoms. The maximum Gasteiger partial charge on any atom is 0.222 e. The quantitative estimate of drug-likeness (QED) is 0.330. The van der Waals surface area contributed by atoms with E-state index in [0.29, 0.717) is 18.9 Å². The highest BCUT2D eigenvalue weighted by Gasteiger charge is 2.29. The van der Waals surface area contributed by atoms with Gasteiger partial charge >= 0.3 is 0 Å². The van der Waals surface area contributed by atoms with Crippen LogP contribution in [0.15, 0.2) is 35.3 Å². The molecule has 0 saturated carbocycles. The third-order valence-corrected chi connectivity index (χ3v) is 7.06. The molecule has 2 N–H and O–H groups in total. The second-order valence-electron chi connectivity index (χ2n) is 7.50. The highest BCUT2D eigenvalue weighted by Crippen LogP contribution is 2.26. The highest BCUT2D eigenvalue weighted by molar-refractivity contribution is 14.0. The number of sulfone groups is 1. The standard InChI is InChI=1S/C20H30N4O3S.HI/c1-2-21-20(24-12-9-17(14-24)16-6-4-3-5-7-16)22-11-8-19(25)23-18-10-13-28(26,27)15-18;/h3-7,17-18H,2,8-15H2,1H3,(H,21,22)(H,23,25);1H. The molecule has 1 aromatic carbocycles. The number of hydrogen-bond acceptors (Lipinski definition) is 4. The lowest BCUT2D eigenvalue weighted by Gasteiger charge is -2.22. The number of aliphatic imine (C=N–C) groups is 1. The van der Waals surface area contributed by atoms with E-state index in [1.54, 1.807) is 0 Å². The van der Waals surface area contributed by atoms with Gasteiger partial charge in [-0.3, -0.25) is 9.79 Å². The molecule has 2 aliphatic rings. The van der Waals surface area contributed by atoms with Crippen LogP contribution in [0.2, 0.25) is 0 Å². The first kappa shape index (κ1) is 23.9. The summed E-state index contributed by atoms with van der Waals surface area (Å²) in [5, 5.41) is 6.14. The van der Waals surface area contributed by atoms with Crippen LogP contribution in [0.25, 0.3) is 0 Å².